The van der Waals surface area contributed by atoms with E-state index >= 15 is 0 Å². The first-order valence-corrected chi connectivity index (χ1v) is 5.16. The van der Waals surface area contributed by atoms with Crippen LogP contribution in [-0.2, 0) is 4.74 Å². The number of carbonyl (C=O) groups is 1. The van der Waals surface area contributed by atoms with E-state index in [4.69, 9.17) is 4.74 Å². The van der Waals surface area contributed by atoms with E-state index in [0.717, 1.165) is 6.42 Å². The number of halogens is 1. The summed E-state index contributed by atoms with van der Waals surface area (Å²) in [5.41, 5.74) is 3.63. The highest BCUT2D eigenvalue weighted by atomic mass is 35.5. The van der Waals surface area contributed by atoms with Gasteiger partial charge < -0.3 is 10.1 Å². The second-order valence-corrected chi connectivity index (χ2v) is 4.04. The molecule has 88 valence electrons. The van der Waals surface area contributed by atoms with E-state index in [0.29, 0.717) is 6.61 Å². The molecule has 16 heavy (non-hydrogen) atoms. The Hall–Kier alpha value is -1.22. The number of carbonyl (C=O) groups excluding carboxylic acids is 1. The Morgan fingerprint density at radius 3 is 2.44 bits per heavy atom. The van der Waals surface area contributed by atoms with Gasteiger partial charge in [0.2, 0.25) is 0 Å². The zero-order chi connectivity index (χ0) is 10.8. The van der Waals surface area contributed by atoms with E-state index in [1.165, 1.54) is 16.7 Å². The molecule has 1 saturated heterocycles. The summed E-state index contributed by atoms with van der Waals surface area (Å²) in [6.45, 7) is 4.64. The van der Waals surface area contributed by atoms with Crippen molar-refractivity contribution in [2.45, 2.75) is 26.3 Å². The van der Waals surface area contributed by atoms with Gasteiger partial charge in [0, 0.05) is 6.42 Å². The molecule has 1 atom stereocenters. The first-order chi connectivity index (χ1) is 7.15. The van der Waals surface area contributed by atoms with Crippen molar-refractivity contribution in [2.24, 2.45) is 0 Å². The van der Waals surface area contributed by atoms with Crippen molar-refractivity contribution in [1.82, 2.24) is 5.32 Å². The van der Waals surface area contributed by atoms with Gasteiger partial charge in [-0.05, 0) is 19.4 Å². The maximum absolute atomic E-state index is 11.1. The third kappa shape index (κ3) is 2.89. The largest absolute Gasteiger partial charge is 0.449 e. The van der Waals surface area contributed by atoms with Crippen molar-refractivity contribution in [3.8, 4) is 0 Å². The van der Waals surface area contributed by atoms with Gasteiger partial charge in [0.25, 0.3) is 0 Å². The molecule has 0 unspecified atom stereocenters. The van der Waals surface area contributed by atoms with Gasteiger partial charge in [-0.2, -0.15) is 0 Å². The van der Waals surface area contributed by atoms with Crippen molar-refractivity contribution in [3.63, 3.8) is 0 Å². The summed E-state index contributed by atoms with van der Waals surface area (Å²) in [5, 5.41) is 2.83. The summed E-state index contributed by atoms with van der Waals surface area (Å²) in [7, 11) is 0. The normalized spacial score (nSPS) is 19.4. The number of hydrogen-bond acceptors (Lipinski definition) is 2. The maximum Gasteiger partial charge on any atom is 0.407 e. The number of benzene rings is 1. The first kappa shape index (κ1) is 12.8. The molecule has 1 aromatic rings. The average Bonchev–Trinajstić information content (AvgIpc) is 2.16. The minimum atomic E-state index is -0.314. The van der Waals surface area contributed by atoms with Crippen LogP contribution in [-0.4, -0.2) is 12.7 Å². The molecular formula is C12H16ClNO2. The van der Waals surface area contributed by atoms with Crippen molar-refractivity contribution >= 4 is 18.5 Å². The maximum atomic E-state index is 11.1. The van der Waals surface area contributed by atoms with E-state index < -0.39 is 0 Å². The van der Waals surface area contributed by atoms with Crippen molar-refractivity contribution < 1.29 is 9.53 Å². The Balaban J connectivity index is 0.00000128. The second kappa shape index (κ2) is 5.21. The van der Waals surface area contributed by atoms with E-state index in [2.05, 4.69) is 37.4 Å². The standard InChI is InChI=1S/C12H15NO2.ClH/c1-8-5-9(2)7-10(6-8)11-3-4-15-12(14)13-11;/h5-7,11H,3-4H2,1-2H3,(H,13,14);1H/t11-;/m0./s1. The van der Waals surface area contributed by atoms with Crippen molar-refractivity contribution in [3.05, 3.63) is 34.9 Å². The summed E-state index contributed by atoms with van der Waals surface area (Å²) >= 11 is 0. The molecule has 4 heteroatoms. The smallest absolute Gasteiger partial charge is 0.407 e. The zero-order valence-corrected chi connectivity index (χ0v) is 10.3. The van der Waals surface area contributed by atoms with Crippen molar-refractivity contribution in [2.75, 3.05) is 6.61 Å². The summed E-state index contributed by atoms with van der Waals surface area (Å²) in [5.74, 6) is 0. The molecule has 1 N–H and O–H groups in total. The number of amides is 1. The fourth-order valence-electron chi connectivity index (χ4n) is 1.99. The number of aryl methyl sites for hydroxylation is 2. The second-order valence-electron chi connectivity index (χ2n) is 4.04. The van der Waals surface area contributed by atoms with Crippen LogP contribution in [0.5, 0.6) is 0 Å². The molecule has 1 aliphatic heterocycles. The number of rotatable bonds is 1. The van der Waals surface area contributed by atoms with Gasteiger partial charge in [0.15, 0.2) is 0 Å². The molecule has 1 aromatic carbocycles. The fraction of sp³-hybridized carbons (Fsp3) is 0.417. The van der Waals surface area contributed by atoms with Crippen molar-refractivity contribution in [1.29, 1.82) is 0 Å². The minimum Gasteiger partial charge on any atom is -0.449 e. The van der Waals surface area contributed by atoms with Crippen LogP contribution in [0.1, 0.15) is 29.2 Å². The topological polar surface area (TPSA) is 38.3 Å². The molecule has 3 nitrogen and oxygen atoms in total. The molecule has 0 aromatic heterocycles. The van der Waals surface area contributed by atoms with Gasteiger partial charge in [-0.25, -0.2) is 4.79 Å². The van der Waals surface area contributed by atoms with Crippen LogP contribution in [0.3, 0.4) is 0 Å². The quantitative estimate of drug-likeness (QED) is 0.821. The SMILES string of the molecule is Cc1cc(C)cc([C@@H]2CCOC(=O)N2)c1.Cl. The Labute approximate surface area is 102 Å². The molecule has 0 saturated carbocycles. The van der Waals surface area contributed by atoms with Gasteiger partial charge in [0.1, 0.15) is 0 Å². The number of hydrogen-bond donors (Lipinski definition) is 1. The number of nitrogens with one attached hydrogen (secondary N) is 1. The number of ether oxygens (including phenoxy) is 1. The fourth-order valence-corrected chi connectivity index (χ4v) is 1.99. The van der Waals surface area contributed by atoms with Gasteiger partial charge >= 0.3 is 6.09 Å². The third-order valence-corrected chi connectivity index (χ3v) is 2.58. The third-order valence-electron chi connectivity index (χ3n) is 2.58. The molecule has 1 heterocycles. The average molecular weight is 242 g/mol. The van der Waals surface area contributed by atoms with Gasteiger partial charge in [-0.15, -0.1) is 12.4 Å². The molecule has 0 bridgehead atoms. The lowest BCUT2D eigenvalue weighted by Gasteiger charge is -2.24. The molecular weight excluding hydrogens is 226 g/mol. The monoisotopic (exact) mass is 241 g/mol. The molecule has 0 spiro atoms. The predicted octanol–water partition coefficient (Wildman–Crippen LogP) is 2.90. The molecule has 1 amide bonds. The highest BCUT2D eigenvalue weighted by molar-refractivity contribution is 5.85. The Morgan fingerprint density at radius 1 is 1.25 bits per heavy atom. The molecule has 0 radical (unpaired) electrons. The summed E-state index contributed by atoms with van der Waals surface area (Å²) < 4.78 is 4.84. The van der Waals surface area contributed by atoms with E-state index in [1.54, 1.807) is 0 Å². The van der Waals surface area contributed by atoms with Crippen LogP contribution in [0.25, 0.3) is 0 Å². The molecule has 2 rings (SSSR count). The lowest BCUT2D eigenvalue weighted by molar-refractivity contribution is 0.115. The van der Waals surface area contributed by atoms with Gasteiger partial charge in [0.05, 0.1) is 12.6 Å². The van der Waals surface area contributed by atoms with Gasteiger partial charge in [-0.3, -0.25) is 0 Å². The van der Waals surface area contributed by atoms with Crippen LogP contribution in [0.15, 0.2) is 18.2 Å². The lowest BCUT2D eigenvalue weighted by Crippen LogP contribution is -2.35. The van der Waals surface area contributed by atoms with E-state index in [-0.39, 0.29) is 24.5 Å². The zero-order valence-electron chi connectivity index (χ0n) is 9.45. The lowest BCUT2D eigenvalue weighted by atomic mass is 9.99. The summed E-state index contributed by atoms with van der Waals surface area (Å²) in [6, 6.07) is 6.46. The van der Waals surface area contributed by atoms with E-state index in [9.17, 15) is 4.79 Å². The van der Waals surface area contributed by atoms with Crippen LogP contribution < -0.4 is 5.32 Å². The minimum absolute atomic E-state index is 0. The van der Waals surface area contributed by atoms with Crippen LogP contribution in [0.2, 0.25) is 0 Å². The molecule has 0 aliphatic carbocycles. The first-order valence-electron chi connectivity index (χ1n) is 5.16. The Kier molecular flexibility index (Phi) is 4.19. The predicted molar refractivity (Wildman–Crippen MR) is 65.0 cm³/mol. The van der Waals surface area contributed by atoms with Crippen LogP contribution in [0, 0.1) is 13.8 Å². The molecule has 1 fully saturated rings. The Morgan fingerprint density at radius 2 is 1.88 bits per heavy atom. The molecule has 1 aliphatic rings. The Bertz CT molecular complexity index is 372. The van der Waals surface area contributed by atoms with Crippen LogP contribution in [0.4, 0.5) is 4.79 Å². The van der Waals surface area contributed by atoms with E-state index in [1.807, 2.05) is 0 Å². The highest BCUT2D eigenvalue weighted by Gasteiger charge is 2.20. The summed E-state index contributed by atoms with van der Waals surface area (Å²) in [4.78, 5) is 11.1. The van der Waals surface area contributed by atoms with Crippen LogP contribution >= 0.6 is 12.4 Å². The highest BCUT2D eigenvalue weighted by Crippen LogP contribution is 2.22. The number of cyclic esters (lactones) is 1. The summed E-state index contributed by atoms with van der Waals surface area (Å²) in [6.07, 6.45) is 0.527. The van der Waals surface area contributed by atoms with Gasteiger partial charge in [-0.1, -0.05) is 29.3 Å². The number of alkyl carbamates (subject to hydrolysis) is 1.